The monoisotopic (exact) mass is 364 g/mol. The van der Waals surface area contributed by atoms with Gasteiger partial charge in [0.25, 0.3) is 5.91 Å². The van der Waals surface area contributed by atoms with Crippen molar-refractivity contribution < 1.29 is 13.9 Å². The molecule has 6 nitrogen and oxygen atoms in total. The van der Waals surface area contributed by atoms with Crippen molar-refractivity contribution in [2.75, 3.05) is 33.3 Å². The second-order valence-electron chi connectivity index (χ2n) is 5.86. The fraction of sp³-hybridized carbons (Fsp3) is 0.412. The average Bonchev–Trinajstić information content (AvgIpc) is 3.11. The van der Waals surface area contributed by atoms with Crippen LogP contribution in [-0.4, -0.2) is 54.0 Å². The topological polar surface area (TPSA) is 71.7 Å². The van der Waals surface area contributed by atoms with E-state index in [1.54, 1.807) is 23.5 Å². The van der Waals surface area contributed by atoms with Gasteiger partial charge in [0.1, 0.15) is 22.3 Å². The van der Waals surface area contributed by atoms with E-state index in [0.29, 0.717) is 37.6 Å². The summed E-state index contributed by atoms with van der Waals surface area (Å²) in [6.07, 6.45) is 0. The number of methoxy groups -OCH3 is 1. The second-order valence-corrected chi connectivity index (χ2v) is 6.80. The molecule has 0 bridgehead atoms. The van der Waals surface area contributed by atoms with E-state index in [9.17, 15) is 9.18 Å². The van der Waals surface area contributed by atoms with Crippen molar-refractivity contribution in [1.29, 1.82) is 0 Å². The van der Waals surface area contributed by atoms with Crippen LogP contribution in [0.25, 0.3) is 0 Å². The summed E-state index contributed by atoms with van der Waals surface area (Å²) in [6, 6.07) is 4.53. The van der Waals surface area contributed by atoms with E-state index < -0.39 is 0 Å². The molecule has 2 N–H and O–H groups in total. The highest BCUT2D eigenvalue weighted by Gasteiger charge is 2.24. The standard InChI is InChI=1S/C17H21FN4O2S/c1-24-15-3-2-13(18)8-12(15)10-21-4-6-22(7-5-21)17(23)14-11-25-16(9-19)20-14/h2-3,8,11H,4-7,9-10,19H2,1H3. The molecule has 0 spiro atoms. The summed E-state index contributed by atoms with van der Waals surface area (Å²) in [4.78, 5) is 20.7. The maximum Gasteiger partial charge on any atom is 0.273 e. The maximum atomic E-state index is 13.5. The van der Waals surface area contributed by atoms with Gasteiger partial charge in [0.05, 0.1) is 7.11 Å². The first-order valence-corrected chi connectivity index (χ1v) is 8.97. The number of amides is 1. The molecular formula is C17H21FN4O2S. The summed E-state index contributed by atoms with van der Waals surface area (Å²) in [5.41, 5.74) is 6.82. The predicted molar refractivity (Wildman–Crippen MR) is 94.1 cm³/mol. The van der Waals surface area contributed by atoms with Gasteiger partial charge in [-0.15, -0.1) is 11.3 Å². The number of aromatic nitrogens is 1. The lowest BCUT2D eigenvalue weighted by atomic mass is 10.1. The Morgan fingerprint density at radius 2 is 2.12 bits per heavy atom. The summed E-state index contributed by atoms with van der Waals surface area (Å²) in [5.74, 6) is 0.347. The molecule has 1 amide bonds. The van der Waals surface area contributed by atoms with Crippen LogP contribution in [0.15, 0.2) is 23.6 Å². The van der Waals surface area contributed by atoms with Crippen LogP contribution in [0.1, 0.15) is 21.1 Å². The molecule has 2 heterocycles. The molecule has 0 aliphatic carbocycles. The zero-order valence-corrected chi connectivity index (χ0v) is 14.9. The SMILES string of the molecule is COc1ccc(F)cc1CN1CCN(C(=O)c2csc(CN)n2)CC1. The van der Waals surface area contributed by atoms with Crippen LogP contribution in [0.2, 0.25) is 0 Å². The summed E-state index contributed by atoms with van der Waals surface area (Å²) >= 11 is 1.41. The fourth-order valence-electron chi connectivity index (χ4n) is 2.89. The van der Waals surface area contributed by atoms with Crippen molar-refractivity contribution in [3.05, 3.63) is 45.7 Å². The van der Waals surface area contributed by atoms with Crippen LogP contribution in [0, 0.1) is 5.82 Å². The molecule has 0 unspecified atom stereocenters. The van der Waals surface area contributed by atoms with E-state index in [4.69, 9.17) is 10.5 Å². The molecule has 1 saturated heterocycles. The van der Waals surface area contributed by atoms with Crippen molar-refractivity contribution in [3.63, 3.8) is 0 Å². The van der Waals surface area contributed by atoms with Crippen LogP contribution in [0.5, 0.6) is 5.75 Å². The summed E-state index contributed by atoms with van der Waals surface area (Å²) in [7, 11) is 1.58. The van der Waals surface area contributed by atoms with Gasteiger partial charge in [0.15, 0.2) is 0 Å². The van der Waals surface area contributed by atoms with E-state index in [2.05, 4.69) is 9.88 Å². The molecule has 3 rings (SSSR count). The number of carbonyl (C=O) groups excluding carboxylic acids is 1. The number of piperazine rings is 1. The number of hydrogen-bond donors (Lipinski definition) is 1. The zero-order chi connectivity index (χ0) is 17.8. The van der Waals surface area contributed by atoms with Crippen LogP contribution < -0.4 is 10.5 Å². The smallest absolute Gasteiger partial charge is 0.273 e. The van der Waals surface area contributed by atoms with Crippen LogP contribution in [-0.2, 0) is 13.1 Å². The van der Waals surface area contributed by atoms with Gasteiger partial charge < -0.3 is 15.4 Å². The molecule has 134 valence electrons. The molecule has 25 heavy (non-hydrogen) atoms. The lowest BCUT2D eigenvalue weighted by molar-refractivity contribution is 0.0622. The van der Waals surface area contributed by atoms with Crippen LogP contribution in [0.3, 0.4) is 0 Å². The average molecular weight is 364 g/mol. The minimum atomic E-state index is -0.274. The first-order valence-electron chi connectivity index (χ1n) is 8.09. The number of thiazole rings is 1. The highest BCUT2D eigenvalue weighted by atomic mass is 32.1. The molecular weight excluding hydrogens is 343 g/mol. The van der Waals surface area contributed by atoms with Crippen LogP contribution in [0.4, 0.5) is 4.39 Å². The molecule has 1 aromatic carbocycles. The number of ether oxygens (including phenoxy) is 1. The minimum absolute atomic E-state index is 0.0565. The molecule has 0 radical (unpaired) electrons. The van der Waals surface area contributed by atoms with Gasteiger partial charge in [-0.1, -0.05) is 0 Å². The Hall–Kier alpha value is -2.03. The van der Waals surface area contributed by atoms with Gasteiger partial charge >= 0.3 is 0 Å². The maximum absolute atomic E-state index is 13.5. The predicted octanol–water partition coefficient (Wildman–Crippen LogP) is 1.71. The first kappa shape index (κ1) is 17.8. The van der Waals surface area contributed by atoms with Crippen molar-refractivity contribution in [3.8, 4) is 5.75 Å². The Labute approximate surface area is 150 Å². The summed E-state index contributed by atoms with van der Waals surface area (Å²) in [5, 5.41) is 2.52. The van der Waals surface area contributed by atoms with Gasteiger partial charge in [-0.25, -0.2) is 9.37 Å². The number of benzene rings is 1. The van der Waals surface area contributed by atoms with E-state index in [1.165, 1.54) is 23.5 Å². The minimum Gasteiger partial charge on any atom is -0.496 e. The van der Waals surface area contributed by atoms with Crippen molar-refractivity contribution in [1.82, 2.24) is 14.8 Å². The van der Waals surface area contributed by atoms with E-state index in [1.807, 2.05) is 0 Å². The molecule has 1 aliphatic rings. The van der Waals surface area contributed by atoms with E-state index >= 15 is 0 Å². The Morgan fingerprint density at radius 3 is 2.76 bits per heavy atom. The number of hydrogen-bond acceptors (Lipinski definition) is 6. The number of carbonyl (C=O) groups is 1. The van der Waals surface area contributed by atoms with Gasteiger partial charge in [0, 0.05) is 50.2 Å². The highest BCUT2D eigenvalue weighted by Crippen LogP contribution is 2.22. The number of nitrogens with two attached hydrogens (primary N) is 1. The lowest BCUT2D eigenvalue weighted by Gasteiger charge is -2.34. The second kappa shape index (κ2) is 7.90. The van der Waals surface area contributed by atoms with Crippen molar-refractivity contribution in [2.24, 2.45) is 5.73 Å². The van der Waals surface area contributed by atoms with Gasteiger partial charge in [-0.05, 0) is 18.2 Å². The van der Waals surface area contributed by atoms with E-state index in [-0.39, 0.29) is 11.7 Å². The normalized spacial score (nSPS) is 15.4. The summed E-state index contributed by atoms with van der Waals surface area (Å²) < 4.78 is 18.8. The quantitative estimate of drug-likeness (QED) is 0.874. The molecule has 0 atom stereocenters. The molecule has 1 fully saturated rings. The third-order valence-corrected chi connectivity index (χ3v) is 5.11. The number of nitrogens with zero attached hydrogens (tertiary/aromatic N) is 3. The van der Waals surface area contributed by atoms with Gasteiger partial charge in [-0.2, -0.15) is 0 Å². The number of rotatable bonds is 5. The Bertz CT molecular complexity index is 744. The molecule has 0 saturated carbocycles. The third-order valence-electron chi connectivity index (χ3n) is 4.24. The van der Waals surface area contributed by atoms with Crippen molar-refractivity contribution >= 4 is 17.2 Å². The molecule has 1 aliphatic heterocycles. The van der Waals surface area contributed by atoms with E-state index in [0.717, 1.165) is 23.7 Å². The third kappa shape index (κ3) is 4.15. The Balaban J connectivity index is 1.58. The summed E-state index contributed by atoms with van der Waals surface area (Å²) in [6.45, 7) is 3.62. The molecule has 8 heteroatoms. The molecule has 1 aromatic heterocycles. The van der Waals surface area contributed by atoms with Gasteiger partial charge in [0.2, 0.25) is 0 Å². The zero-order valence-electron chi connectivity index (χ0n) is 14.1. The van der Waals surface area contributed by atoms with Crippen LogP contribution >= 0.6 is 11.3 Å². The first-order chi connectivity index (χ1) is 12.1. The Morgan fingerprint density at radius 1 is 1.36 bits per heavy atom. The molecule has 2 aromatic rings. The lowest BCUT2D eigenvalue weighted by Crippen LogP contribution is -2.48. The fourth-order valence-corrected chi connectivity index (χ4v) is 3.53. The highest BCUT2D eigenvalue weighted by molar-refractivity contribution is 7.09. The number of halogens is 1. The Kier molecular flexibility index (Phi) is 5.62. The van der Waals surface area contributed by atoms with Crippen molar-refractivity contribution in [2.45, 2.75) is 13.1 Å². The van der Waals surface area contributed by atoms with Gasteiger partial charge in [-0.3, -0.25) is 9.69 Å². The largest absolute Gasteiger partial charge is 0.496 e.